The second kappa shape index (κ2) is 2.85. The molecule has 14 heavy (non-hydrogen) atoms. The molecular formula is C13H22O. The van der Waals surface area contributed by atoms with Gasteiger partial charge in [0, 0.05) is 5.41 Å². The first kappa shape index (κ1) is 10.2. The Balaban J connectivity index is 2.27. The van der Waals surface area contributed by atoms with Crippen LogP contribution in [0.1, 0.15) is 40.5 Å². The van der Waals surface area contributed by atoms with Gasteiger partial charge >= 0.3 is 0 Å². The van der Waals surface area contributed by atoms with Gasteiger partial charge in [0.2, 0.25) is 0 Å². The van der Waals surface area contributed by atoms with E-state index in [2.05, 4.69) is 33.8 Å². The Labute approximate surface area is 87.2 Å². The predicted octanol–water partition coefficient (Wildman–Crippen LogP) is 3.00. The van der Waals surface area contributed by atoms with Gasteiger partial charge in [-0.3, -0.25) is 0 Å². The molecule has 1 N–H and O–H groups in total. The summed E-state index contributed by atoms with van der Waals surface area (Å²) in [5.74, 6) is 1.62. The van der Waals surface area contributed by atoms with Crippen molar-refractivity contribution in [2.24, 2.45) is 22.7 Å². The average Bonchev–Trinajstić information content (AvgIpc) is 2.17. The lowest BCUT2D eigenvalue weighted by molar-refractivity contribution is -0.0238. The van der Waals surface area contributed by atoms with E-state index in [-0.39, 0.29) is 12.0 Å². The van der Waals surface area contributed by atoms with E-state index in [1.807, 2.05) is 0 Å². The van der Waals surface area contributed by atoms with E-state index >= 15 is 0 Å². The van der Waals surface area contributed by atoms with Crippen molar-refractivity contribution in [3.05, 3.63) is 11.6 Å². The Morgan fingerprint density at radius 3 is 2.57 bits per heavy atom. The lowest BCUT2D eigenvalue weighted by atomic mass is 9.46. The van der Waals surface area contributed by atoms with Crippen molar-refractivity contribution in [2.75, 3.05) is 6.61 Å². The number of allylic oxidation sites excluding steroid dienone is 1. The van der Waals surface area contributed by atoms with E-state index < -0.39 is 0 Å². The van der Waals surface area contributed by atoms with Crippen molar-refractivity contribution in [1.29, 1.82) is 0 Å². The van der Waals surface area contributed by atoms with Crippen LogP contribution in [-0.2, 0) is 0 Å². The zero-order valence-corrected chi connectivity index (χ0v) is 9.80. The van der Waals surface area contributed by atoms with Crippen molar-refractivity contribution < 1.29 is 5.11 Å². The molecule has 1 nitrogen and oxygen atoms in total. The zero-order chi connectivity index (χ0) is 10.6. The van der Waals surface area contributed by atoms with Crippen LogP contribution in [0.25, 0.3) is 0 Å². The Hall–Kier alpha value is -0.300. The van der Waals surface area contributed by atoms with E-state index in [4.69, 9.17) is 0 Å². The molecule has 80 valence electrons. The molecule has 0 radical (unpaired) electrons. The van der Waals surface area contributed by atoms with Gasteiger partial charge in [-0.2, -0.15) is 0 Å². The monoisotopic (exact) mass is 194 g/mol. The maximum absolute atomic E-state index is 9.41. The number of aliphatic hydroxyl groups is 1. The van der Waals surface area contributed by atoms with Gasteiger partial charge in [-0.1, -0.05) is 39.3 Å². The fourth-order valence-corrected chi connectivity index (χ4v) is 3.19. The highest BCUT2D eigenvalue weighted by Crippen LogP contribution is 2.62. The maximum atomic E-state index is 9.41. The molecule has 3 aliphatic rings. The summed E-state index contributed by atoms with van der Waals surface area (Å²) < 4.78 is 0. The van der Waals surface area contributed by atoms with E-state index in [0.29, 0.717) is 5.41 Å². The second-order valence-electron chi connectivity index (χ2n) is 6.24. The summed E-state index contributed by atoms with van der Waals surface area (Å²) in [6.45, 7) is 9.36. The molecule has 0 saturated heterocycles. The standard InChI is InChI=1S/C13H22O/c1-12(2,8-14)10-6-5-9-7-11(10)13(9,3)4/h6,9,11,14H,5,7-8H2,1-4H3. The highest BCUT2D eigenvalue weighted by Gasteiger charge is 2.53. The molecule has 2 unspecified atom stereocenters. The average molecular weight is 194 g/mol. The van der Waals surface area contributed by atoms with E-state index in [1.54, 1.807) is 0 Å². The molecule has 0 aromatic heterocycles. The smallest absolute Gasteiger partial charge is 0.0519 e. The molecule has 0 aliphatic heterocycles. The maximum Gasteiger partial charge on any atom is 0.0519 e. The Morgan fingerprint density at radius 2 is 2.14 bits per heavy atom. The van der Waals surface area contributed by atoms with Crippen molar-refractivity contribution in [2.45, 2.75) is 40.5 Å². The van der Waals surface area contributed by atoms with Crippen LogP contribution in [0.4, 0.5) is 0 Å². The molecule has 1 heteroatoms. The van der Waals surface area contributed by atoms with Crippen LogP contribution in [0.3, 0.4) is 0 Å². The topological polar surface area (TPSA) is 20.2 Å². The number of aliphatic hydroxyl groups excluding tert-OH is 1. The third-order valence-corrected chi connectivity index (χ3v) is 4.64. The molecule has 1 saturated carbocycles. The van der Waals surface area contributed by atoms with Gasteiger partial charge in [0.25, 0.3) is 0 Å². The molecule has 0 amide bonds. The van der Waals surface area contributed by atoms with Crippen LogP contribution in [0.15, 0.2) is 11.6 Å². The minimum absolute atomic E-state index is 0.00662. The van der Waals surface area contributed by atoms with Gasteiger partial charge in [0.15, 0.2) is 0 Å². The van der Waals surface area contributed by atoms with Gasteiger partial charge < -0.3 is 5.11 Å². The van der Waals surface area contributed by atoms with Crippen molar-refractivity contribution in [3.8, 4) is 0 Å². The van der Waals surface area contributed by atoms with Gasteiger partial charge in [-0.15, -0.1) is 0 Å². The minimum Gasteiger partial charge on any atom is -0.395 e. The van der Waals surface area contributed by atoms with Crippen molar-refractivity contribution >= 4 is 0 Å². The van der Waals surface area contributed by atoms with E-state index in [1.165, 1.54) is 18.4 Å². The van der Waals surface area contributed by atoms with Crippen LogP contribution >= 0.6 is 0 Å². The molecule has 0 aromatic rings. The number of hydrogen-bond acceptors (Lipinski definition) is 1. The van der Waals surface area contributed by atoms with Gasteiger partial charge in [0.1, 0.15) is 0 Å². The summed E-state index contributed by atoms with van der Waals surface area (Å²) in [5, 5.41) is 9.41. The lowest BCUT2D eigenvalue weighted by Crippen LogP contribution is -2.50. The predicted molar refractivity (Wildman–Crippen MR) is 58.9 cm³/mol. The first-order valence-electron chi connectivity index (χ1n) is 5.71. The molecule has 2 bridgehead atoms. The molecule has 3 rings (SSSR count). The van der Waals surface area contributed by atoms with Crippen LogP contribution in [-0.4, -0.2) is 11.7 Å². The largest absolute Gasteiger partial charge is 0.395 e. The van der Waals surface area contributed by atoms with Crippen LogP contribution in [0, 0.1) is 22.7 Å². The summed E-state index contributed by atoms with van der Waals surface area (Å²) in [5.41, 5.74) is 1.98. The summed E-state index contributed by atoms with van der Waals surface area (Å²) in [6, 6.07) is 0. The Bertz CT molecular complexity index is 273. The van der Waals surface area contributed by atoms with E-state index in [9.17, 15) is 5.11 Å². The second-order valence-corrected chi connectivity index (χ2v) is 6.24. The fraction of sp³-hybridized carbons (Fsp3) is 0.846. The van der Waals surface area contributed by atoms with Crippen LogP contribution in [0.2, 0.25) is 0 Å². The normalized spacial score (nSPS) is 34.8. The first-order valence-corrected chi connectivity index (χ1v) is 5.71. The Morgan fingerprint density at radius 1 is 1.50 bits per heavy atom. The molecule has 2 atom stereocenters. The van der Waals surface area contributed by atoms with Gasteiger partial charge in [-0.25, -0.2) is 0 Å². The van der Waals surface area contributed by atoms with E-state index in [0.717, 1.165) is 11.8 Å². The van der Waals surface area contributed by atoms with Crippen molar-refractivity contribution in [3.63, 3.8) is 0 Å². The molecule has 3 aliphatic carbocycles. The SMILES string of the molecule is CC(C)(CO)C1=CCC2CC1C2(C)C. The quantitative estimate of drug-likeness (QED) is 0.670. The summed E-state index contributed by atoms with van der Waals surface area (Å²) in [7, 11) is 0. The highest BCUT2D eigenvalue weighted by molar-refractivity contribution is 5.28. The summed E-state index contributed by atoms with van der Waals surface area (Å²) >= 11 is 0. The number of fused-ring (bicyclic) bond motifs is 1. The number of hydrogen-bond donors (Lipinski definition) is 1. The lowest BCUT2D eigenvalue weighted by Gasteiger charge is -2.59. The third-order valence-electron chi connectivity index (χ3n) is 4.64. The highest BCUT2D eigenvalue weighted by atomic mass is 16.3. The van der Waals surface area contributed by atoms with Crippen LogP contribution in [0.5, 0.6) is 0 Å². The molecule has 0 heterocycles. The fourth-order valence-electron chi connectivity index (χ4n) is 3.19. The minimum atomic E-state index is -0.00662. The third kappa shape index (κ3) is 1.18. The van der Waals surface area contributed by atoms with Gasteiger partial charge in [0.05, 0.1) is 6.61 Å². The number of rotatable bonds is 2. The van der Waals surface area contributed by atoms with Gasteiger partial charge in [-0.05, 0) is 30.1 Å². The summed E-state index contributed by atoms with van der Waals surface area (Å²) in [6.07, 6.45) is 4.96. The molecule has 1 fully saturated rings. The van der Waals surface area contributed by atoms with Crippen molar-refractivity contribution in [1.82, 2.24) is 0 Å². The molecule has 0 spiro atoms. The Kier molecular flexibility index (Phi) is 2.08. The zero-order valence-electron chi connectivity index (χ0n) is 9.80. The molecule has 0 aromatic carbocycles. The first-order chi connectivity index (χ1) is 6.39. The molecular weight excluding hydrogens is 172 g/mol. The van der Waals surface area contributed by atoms with Crippen LogP contribution < -0.4 is 0 Å². The summed E-state index contributed by atoms with van der Waals surface area (Å²) in [4.78, 5) is 0.